The normalized spacial score (nSPS) is 10.8. The summed E-state index contributed by atoms with van der Waals surface area (Å²) >= 11 is 0. The van der Waals surface area contributed by atoms with Gasteiger partial charge in [0.2, 0.25) is 0 Å². The lowest BCUT2D eigenvalue weighted by molar-refractivity contribution is 0.102. The number of para-hydroxylation sites is 2. The first-order valence-corrected chi connectivity index (χ1v) is 10.4. The van der Waals surface area contributed by atoms with Crippen LogP contribution >= 0.6 is 0 Å². The average Bonchev–Trinajstić information content (AvgIpc) is 3.28. The Morgan fingerprint density at radius 1 is 0.844 bits per heavy atom. The number of anilines is 1. The van der Waals surface area contributed by atoms with Crippen LogP contribution in [0.2, 0.25) is 0 Å². The number of ether oxygens (including phenoxy) is 1. The van der Waals surface area contributed by atoms with Gasteiger partial charge in [-0.1, -0.05) is 54.6 Å². The third-order valence-electron chi connectivity index (χ3n) is 5.15. The second kappa shape index (κ2) is 8.78. The van der Waals surface area contributed by atoms with Crippen molar-refractivity contribution in [3.05, 3.63) is 114 Å². The third-order valence-corrected chi connectivity index (χ3v) is 5.15. The van der Waals surface area contributed by atoms with E-state index in [-0.39, 0.29) is 5.91 Å². The smallest absolute Gasteiger partial charge is 0.255 e. The first-order chi connectivity index (χ1) is 15.7. The van der Waals surface area contributed by atoms with Crippen LogP contribution < -0.4 is 10.1 Å². The molecule has 1 aromatic heterocycles. The van der Waals surface area contributed by atoms with Gasteiger partial charge in [-0.05, 0) is 54.1 Å². The van der Waals surface area contributed by atoms with E-state index in [1.54, 1.807) is 12.1 Å². The zero-order valence-corrected chi connectivity index (χ0v) is 17.3. The number of rotatable bonds is 6. The number of hydrogen-bond acceptors (Lipinski definition) is 3. The molecule has 2 N–H and O–H groups in total. The molecule has 0 radical (unpaired) electrons. The van der Waals surface area contributed by atoms with E-state index < -0.39 is 0 Å². The molecule has 0 unspecified atom stereocenters. The van der Waals surface area contributed by atoms with Gasteiger partial charge in [-0.2, -0.15) is 0 Å². The molecule has 0 atom stereocenters. The highest BCUT2D eigenvalue weighted by Crippen LogP contribution is 2.23. The number of amides is 1. The molecule has 156 valence electrons. The molecule has 0 aliphatic carbocycles. The molecule has 0 saturated carbocycles. The SMILES string of the molecule is O=C(Nc1cccc(-c2nc3ccccc3[nH]2)c1)c1ccc(OCc2ccccc2)cc1. The predicted molar refractivity (Wildman–Crippen MR) is 127 cm³/mol. The Kier molecular flexibility index (Phi) is 5.37. The topological polar surface area (TPSA) is 67.0 Å². The number of benzene rings is 4. The molecule has 0 bridgehead atoms. The second-order valence-electron chi connectivity index (χ2n) is 7.44. The van der Waals surface area contributed by atoms with Crippen molar-refractivity contribution in [1.29, 1.82) is 0 Å². The Balaban J connectivity index is 1.26. The number of H-pyrrole nitrogens is 1. The van der Waals surface area contributed by atoms with Crippen LogP contribution in [0.1, 0.15) is 15.9 Å². The lowest BCUT2D eigenvalue weighted by Crippen LogP contribution is -2.11. The van der Waals surface area contributed by atoms with Crippen molar-refractivity contribution in [3.63, 3.8) is 0 Å². The van der Waals surface area contributed by atoms with Gasteiger partial charge in [0.15, 0.2) is 0 Å². The van der Waals surface area contributed by atoms with Crippen LogP contribution in [0.25, 0.3) is 22.4 Å². The molecule has 0 spiro atoms. The average molecular weight is 419 g/mol. The zero-order valence-electron chi connectivity index (χ0n) is 17.3. The summed E-state index contributed by atoms with van der Waals surface area (Å²) in [5.41, 5.74) is 5.16. The first-order valence-electron chi connectivity index (χ1n) is 10.4. The molecule has 0 aliphatic rings. The minimum absolute atomic E-state index is 0.179. The predicted octanol–water partition coefficient (Wildman–Crippen LogP) is 6.06. The fourth-order valence-corrected chi connectivity index (χ4v) is 3.48. The summed E-state index contributed by atoms with van der Waals surface area (Å²) < 4.78 is 5.79. The standard InChI is InChI=1S/C27H21N3O2/c31-27(20-13-15-23(16-14-20)32-18-19-7-2-1-3-8-19)28-22-10-6-9-21(17-22)26-29-24-11-4-5-12-25(24)30-26/h1-17H,18H2,(H,28,31)(H,29,30). The van der Waals surface area contributed by atoms with Gasteiger partial charge in [0.1, 0.15) is 18.2 Å². The molecule has 5 aromatic rings. The van der Waals surface area contributed by atoms with Gasteiger partial charge < -0.3 is 15.0 Å². The van der Waals surface area contributed by atoms with Gasteiger partial charge >= 0.3 is 0 Å². The van der Waals surface area contributed by atoms with E-state index in [1.807, 2.05) is 91.0 Å². The number of carbonyl (C=O) groups excluding carboxylic acids is 1. The summed E-state index contributed by atoms with van der Waals surface area (Å²) in [5.74, 6) is 1.31. The van der Waals surface area contributed by atoms with Crippen molar-refractivity contribution < 1.29 is 9.53 Å². The van der Waals surface area contributed by atoms with Gasteiger partial charge in [-0.3, -0.25) is 4.79 Å². The number of aromatic amines is 1. The number of hydrogen-bond donors (Lipinski definition) is 2. The van der Waals surface area contributed by atoms with Crippen LogP contribution in [0.5, 0.6) is 5.75 Å². The molecule has 0 fully saturated rings. The van der Waals surface area contributed by atoms with E-state index in [0.29, 0.717) is 17.9 Å². The van der Waals surface area contributed by atoms with E-state index in [9.17, 15) is 4.79 Å². The summed E-state index contributed by atoms with van der Waals surface area (Å²) in [7, 11) is 0. The van der Waals surface area contributed by atoms with Gasteiger partial charge in [-0.25, -0.2) is 4.98 Å². The number of fused-ring (bicyclic) bond motifs is 1. The molecule has 5 nitrogen and oxygen atoms in total. The van der Waals surface area contributed by atoms with Crippen LogP contribution in [-0.2, 0) is 6.61 Å². The van der Waals surface area contributed by atoms with E-state index >= 15 is 0 Å². The second-order valence-corrected chi connectivity index (χ2v) is 7.44. The van der Waals surface area contributed by atoms with E-state index in [0.717, 1.165) is 33.7 Å². The van der Waals surface area contributed by atoms with E-state index in [1.165, 1.54) is 0 Å². The summed E-state index contributed by atoms with van der Waals surface area (Å²) in [6.07, 6.45) is 0. The highest BCUT2D eigenvalue weighted by atomic mass is 16.5. The molecule has 0 aliphatic heterocycles. The monoisotopic (exact) mass is 419 g/mol. The Morgan fingerprint density at radius 2 is 1.62 bits per heavy atom. The maximum absolute atomic E-state index is 12.7. The maximum atomic E-state index is 12.7. The van der Waals surface area contributed by atoms with E-state index in [2.05, 4.69) is 15.3 Å². The minimum Gasteiger partial charge on any atom is -0.489 e. The fraction of sp³-hybridized carbons (Fsp3) is 0.0370. The number of nitrogens with one attached hydrogen (secondary N) is 2. The molecular formula is C27H21N3O2. The largest absolute Gasteiger partial charge is 0.489 e. The molecule has 32 heavy (non-hydrogen) atoms. The van der Waals surface area contributed by atoms with Crippen molar-refractivity contribution in [2.24, 2.45) is 0 Å². The van der Waals surface area contributed by atoms with Gasteiger partial charge in [0.25, 0.3) is 5.91 Å². The highest BCUT2D eigenvalue weighted by molar-refractivity contribution is 6.04. The van der Waals surface area contributed by atoms with Crippen LogP contribution in [0, 0.1) is 0 Å². The van der Waals surface area contributed by atoms with Crippen molar-refractivity contribution in [3.8, 4) is 17.1 Å². The molecule has 5 rings (SSSR count). The summed E-state index contributed by atoms with van der Waals surface area (Å²) in [5, 5.41) is 2.96. The number of aromatic nitrogens is 2. The highest BCUT2D eigenvalue weighted by Gasteiger charge is 2.09. The Morgan fingerprint density at radius 3 is 2.44 bits per heavy atom. The third kappa shape index (κ3) is 4.37. The summed E-state index contributed by atoms with van der Waals surface area (Å²) in [4.78, 5) is 20.7. The summed E-state index contributed by atoms with van der Waals surface area (Å²) in [6, 6.07) is 32.6. The molecule has 4 aromatic carbocycles. The van der Waals surface area contributed by atoms with Crippen molar-refractivity contribution in [2.75, 3.05) is 5.32 Å². The van der Waals surface area contributed by atoms with Crippen LogP contribution in [0.15, 0.2) is 103 Å². The van der Waals surface area contributed by atoms with Crippen LogP contribution in [0.4, 0.5) is 5.69 Å². The zero-order chi connectivity index (χ0) is 21.8. The number of carbonyl (C=O) groups is 1. The Labute approximate surface area is 185 Å². The van der Waals surface area contributed by atoms with Gasteiger partial charge in [0.05, 0.1) is 11.0 Å². The fourth-order valence-electron chi connectivity index (χ4n) is 3.48. The minimum atomic E-state index is -0.179. The molecular weight excluding hydrogens is 398 g/mol. The Hall–Kier alpha value is -4.38. The van der Waals surface area contributed by atoms with Crippen molar-refractivity contribution in [1.82, 2.24) is 9.97 Å². The van der Waals surface area contributed by atoms with Gasteiger partial charge in [0, 0.05) is 16.8 Å². The molecule has 5 heteroatoms. The molecule has 0 saturated heterocycles. The van der Waals surface area contributed by atoms with Crippen LogP contribution in [-0.4, -0.2) is 15.9 Å². The maximum Gasteiger partial charge on any atom is 0.255 e. The Bertz CT molecular complexity index is 1330. The molecule has 1 amide bonds. The van der Waals surface area contributed by atoms with Crippen molar-refractivity contribution in [2.45, 2.75) is 6.61 Å². The summed E-state index contributed by atoms with van der Waals surface area (Å²) in [6.45, 7) is 0.487. The van der Waals surface area contributed by atoms with Crippen molar-refractivity contribution >= 4 is 22.6 Å². The molecule has 1 heterocycles. The number of imidazole rings is 1. The lowest BCUT2D eigenvalue weighted by Gasteiger charge is -2.09. The first kappa shape index (κ1) is 19.6. The quantitative estimate of drug-likeness (QED) is 0.351. The van der Waals surface area contributed by atoms with Crippen LogP contribution in [0.3, 0.4) is 0 Å². The van der Waals surface area contributed by atoms with E-state index in [4.69, 9.17) is 4.74 Å². The lowest BCUT2D eigenvalue weighted by atomic mass is 10.1. The number of nitrogens with zero attached hydrogens (tertiary/aromatic N) is 1. The van der Waals surface area contributed by atoms with Gasteiger partial charge in [-0.15, -0.1) is 0 Å².